The number of nitrogens with one attached hydrogen (secondary N) is 1. The van der Waals surface area contributed by atoms with Gasteiger partial charge in [-0.1, -0.05) is 36.4 Å². The molecule has 3 aromatic rings. The van der Waals surface area contributed by atoms with E-state index in [0.717, 1.165) is 29.8 Å². The van der Waals surface area contributed by atoms with Crippen LogP contribution < -0.4 is 10.1 Å². The van der Waals surface area contributed by atoms with Gasteiger partial charge in [0.05, 0.1) is 11.4 Å². The molecule has 0 aliphatic rings. The number of benzene rings is 2. The van der Waals surface area contributed by atoms with Crippen LogP contribution in [0, 0.1) is 6.92 Å². The van der Waals surface area contributed by atoms with Gasteiger partial charge in [0.15, 0.2) is 0 Å². The topological polar surface area (TPSA) is 65.4 Å². The number of aromatic nitrogens is 2. The average Bonchev–Trinajstić information content (AvgIpc) is 2.99. The molecule has 0 fully saturated rings. The summed E-state index contributed by atoms with van der Waals surface area (Å²) in [4.78, 5) is 12.4. The van der Waals surface area contributed by atoms with Gasteiger partial charge < -0.3 is 9.47 Å². The maximum Gasteiger partial charge on any atom is 0.418 e. The highest BCUT2D eigenvalue weighted by Crippen LogP contribution is 2.24. The Hall–Kier alpha value is -3.12. The molecule has 6 heteroatoms. The van der Waals surface area contributed by atoms with E-state index < -0.39 is 6.09 Å². The summed E-state index contributed by atoms with van der Waals surface area (Å²) in [7, 11) is 1.68. The third-order valence-electron chi connectivity index (χ3n) is 4.16. The van der Waals surface area contributed by atoms with Crippen LogP contribution in [0.1, 0.15) is 17.7 Å². The molecular weight excluding hydrogens is 342 g/mol. The van der Waals surface area contributed by atoms with Crippen molar-refractivity contribution < 1.29 is 14.3 Å². The van der Waals surface area contributed by atoms with Crippen LogP contribution in [-0.2, 0) is 11.2 Å². The van der Waals surface area contributed by atoms with E-state index in [-0.39, 0.29) is 0 Å². The van der Waals surface area contributed by atoms with Crippen LogP contribution in [0.4, 0.5) is 10.6 Å². The van der Waals surface area contributed by atoms with Crippen molar-refractivity contribution in [2.24, 2.45) is 0 Å². The number of hydrogen-bond donors (Lipinski definition) is 1. The third-order valence-corrected chi connectivity index (χ3v) is 4.16. The van der Waals surface area contributed by atoms with Gasteiger partial charge in [0.1, 0.15) is 11.6 Å². The number of carbonyl (C=O) groups is 1. The summed E-state index contributed by atoms with van der Waals surface area (Å²) in [5, 5.41) is 7.55. The molecule has 1 heterocycles. The van der Waals surface area contributed by atoms with Crippen molar-refractivity contribution in [1.82, 2.24) is 9.78 Å². The van der Waals surface area contributed by atoms with Crippen molar-refractivity contribution in [2.45, 2.75) is 19.8 Å². The number of anilines is 1. The fourth-order valence-electron chi connectivity index (χ4n) is 2.78. The molecule has 6 nitrogen and oxygen atoms in total. The first-order valence-corrected chi connectivity index (χ1v) is 8.86. The maximum absolute atomic E-state index is 12.4. The van der Waals surface area contributed by atoms with Gasteiger partial charge in [-0.2, -0.15) is 5.10 Å². The molecule has 0 atom stereocenters. The smallest absolute Gasteiger partial charge is 0.410 e. The molecule has 140 valence electrons. The van der Waals surface area contributed by atoms with Gasteiger partial charge in [-0.25, -0.2) is 9.48 Å². The van der Waals surface area contributed by atoms with Crippen molar-refractivity contribution in [3.63, 3.8) is 0 Å². The summed E-state index contributed by atoms with van der Waals surface area (Å²) in [6.45, 7) is 2.61. The predicted octanol–water partition coefficient (Wildman–Crippen LogP) is 4.37. The van der Waals surface area contributed by atoms with Gasteiger partial charge in [-0.15, -0.1) is 0 Å². The number of rotatable bonds is 7. The van der Waals surface area contributed by atoms with E-state index in [4.69, 9.17) is 14.6 Å². The average molecular weight is 365 g/mol. The number of para-hydroxylation sites is 2. The molecule has 0 saturated heterocycles. The van der Waals surface area contributed by atoms with E-state index >= 15 is 0 Å². The second-order valence-electron chi connectivity index (χ2n) is 6.09. The van der Waals surface area contributed by atoms with Crippen LogP contribution in [0.3, 0.4) is 0 Å². The van der Waals surface area contributed by atoms with Gasteiger partial charge in [0.2, 0.25) is 0 Å². The number of aryl methyl sites for hydroxylation is 1. The van der Waals surface area contributed by atoms with Gasteiger partial charge in [-0.3, -0.25) is 5.32 Å². The first-order valence-electron chi connectivity index (χ1n) is 8.86. The summed E-state index contributed by atoms with van der Waals surface area (Å²) in [6, 6.07) is 18.7. The summed E-state index contributed by atoms with van der Waals surface area (Å²) in [6.07, 6.45) is 1.07. The molecule has 0 unspecified atom stereocenters. The van der Waals surface area contributed by atoms with Crippen molar-refractivity contribution in [3.8, 4) is 11.4 Å². The van der Waals surface area contributed by atoms with Crippen LogP contribution in [0.2, 0.25) is 0 Å². The van der Waals surface area contributed by atoms with E-state index in [1.54, 1.807) is 23.9 Å². The van der Waals surface area contributed by atoms with Gasteiger partial charge >= 0.3 is 6.09 Å². The summed E-state index contributed by atoms with van der Waals surface area (Å²) >= 11 is 0. The van der Waals surface area contributed by atoms with Crippen LogP contribution >= 0.6 is 0 Å². The van der Waals surface area contributed by atoms with Crippen LogP contribution in [0.25, 0.3) is 5.69 Å². The minimum Gasteiger partial charge on any atom is -0.410 e. The van der Waals surface area contributed by atoms with Crippen molar-refractivity contribution >= 4 is 11.9 Å². The Labute approximate surface area is 158 Å². The number of nitrogens with zero attached hydrogens (tertiary/aromatic N) is 2. The Bertz CT molecular complexity index is 876. The van der Waals surface area contributed by atoms with Crippen molar-refractivity contribution in [2.75, 3.05) is 19.0 Å². The predicted molar refractivity (Wildman–Crippen MR) is 105 cm³/mol. The number of hydrogen-bond acceptors (Lipinski definition) is 4. The molecule has 0 aliphatic carbocycles. The fourth-order valence-corrected chi connectivity index (χ4v) is 2.78. The highest BCUT2D eigenvalue weighted by molar-refractivity contribution is 5.86. The van der Waals surface area contributed by atoms with Crippen molar-refractivity contribution in [1.29, 1.82) is 0 Å². The molecule has 1 amide bonds. The van der Waals surface area contributed by atoms with Crippen LogP contribution in [0.15, 0.2) is 60.7 Å². The zero-order chi connectivity index (χ0) is 19.1. The van der Waals surface area contributed by atoms with Crippen LogP contribution in [-0.4, -0.2) is 29.6 Å². The molecule has 3 rings (SSSR count). The van der Waals surface area contributed by atoms with Crippen LogP contribution in [0.5, 0.6) is 5.75 Å². The molecule has 0 aliphatic heterocycles. The number of carbonyl (C=O) groups excluding carboxylic acids is 1. The Morgan fingerprint density at radius 3 is 2.41 bits per heavy atom. The number of amides is 1. The molecule has 27 heavy (non-hydrogen) atoms. The summed E-state index contributed by atoms with van der Waals surface area (Å²) in [5.41, 5.74) is 2.71. The standard InChI is InChI=1S/C21H23N3O3/c1-16-19(14-9-15-26-2)23-24(17-10-5-3-6-11-17)20(16)22-21(25)27-18-12-7-4-8-13-18/h3-8,10-13H,9,14-15H2,1-2H3,(H,22,25). The Kier molecular flexibility index (Phi) is 6.22. The molecule has 1 aromatic heterocycles. The molecule has 2 aromatic carbocycles. The highest BCUT2D eigenvalue weighted by Gasteiger charge is 2.18. The Morgan fingerprint density at radius 1 is 1.07 bits per heavy atom. The second kappa shape index (κ2) is 9.00. The van der Waals surface area contributed by atoms with E-state index in [0.29, 0.717) is 18.2 Å². The monoisotopic (exact) mass is 365 g/mol. The lowest BCUT2D eigenvalue weighted by Crippen LogP contribution is -2.19. The zero-order valence-corrected chi connectivity index (χ0v) is 15.5. The summed E-state index contributed by atoms with van der Waals surface area (Å²) in [5.74, 6) is 1.09. The normalized spacial score (nSPS) is 10.6. The fraction of sp³-hybridized carbons (Fsp3) is 0.238. The SMILES string of the molecule is COCCCc1nn(-c2ccccc2)c(NC(=O)Oc2ccccc2)c1C. The zero-order valence-electron chi connectivity index (χ0n) is 15.5. The van der Waals surface area contributed by atoms with E-state index in [1.807, 2.05) is 55.5 Å². The Morgan fingerprint density at radius 2 is 1.74 bits per heavy atom. The molecule has 0 radical (unpaired) electrons. The second-order valence-corrected chi connectivity index (χ2v) is 6.09. The number of ether oxygens (including phenoxy) is 2. The quantitative estimate of drug-likeness (QED) is 0.632. The highest BCUT2D eigenvalue weighted by atomic mass is 16.6. The lowest BCUT2D eigenvalue weighted by molar-refractivity contribution is 0.195. The maximum atomic E-state index is 12.4. The minimum atomic E-state index is -0.551. The molecule has 1 N–H and O–H groups in total. The minimum absolute atomic E-state index is 0.485. The molecule has 0 bridgehead atoms. The molecule has 0 spiro atoms. The summed E-state index contributed by atoms with van der Waals surface area (Å²) < 4.78 is 12.2. The first kappa shape index (κ1) is 18.7. The number of methoxy groups -OCH3 is 1. The van der Waals surface area contributed by atoms with Crippen molar-refractivity contribution in [3.05, 3.63) is 71.9 Å². The van der Waals surface area contributed by atoms with Gasteiger partial charge in [-0.05, 0) is 44.0 Å². The Balaban J connectivity index is 1.86. The van der Waals surface area contributed by atoms with E-state index in [2.05, 4.69) is 5.32 Å². The third kappa shape index (κ3) is 4.74. The van der Waals surface area contributed by atoms with E-state index in [1.165, 1.54) is 0 Å². The molecular formula is C21H23N3O3. The molecule has 0 saturated carbocycles. The van der Waals surface area contributed by atoms with Gasteiger partial charge in [0, 0.05) is 19.3 Å². The van der Waals surface area contributed by atoms with Gasteiger partial charge in [0.25, 0.3) is 0 Å². The van der Waals surface area contributed by atoms with E-state index in [9.17, 15) is 4.79 Å². The first-order chi connectivity index (χ1) is 13.2. The lowest BCUT2D eigenvalue weighted by atomic mass is 10.1. The lowest BCUT2D eigenvalue weighted by Gasteiger charge is -2.10. The largest absolute Gasteiger partial charge is 0.418 e.